The highest BCUT2D eigenvalue weighted by atomic mass is 32.2. The number of aryl methyl sites for hydroxylation is 2. The highest BCUT2D eigenvalue weighted by molar-refractivity contribution is 7.92. The minimum atomic E-state index is -3.51. The van der Waals surface area contributed by atoms with Crippen molar-refractivity contribution in [2.24, 2.45) is 0 Å². The molecule has 0 unspecified atom stereocenters. The van der Waals surface area contributed by atoms with Crippen molar-refractivity contribution < 1.29 is 18.3 Å². The van der Waals surface area contributed by atoms with E-state index in [0.29, 0.717) is 6.54 Å². The first kappa shape index (κ1) is 20.7. The highest BCUT2D eigenvalue weighted by Crippen LogP contribution is 2.23. The van der Waals surface area contributed by atoms with Gasteiger partial charge in [0, 0.05) is 13.6 Å². The van der Waals surface area contributed by atoms with Crippen LogP contribution in [0.2, 0.25) is 0 Å². The predicted octanol–water partition coefficient (Wildman–Crippen LogP) is 2.09. The van der Waals surface area contributed by atoms with Gasteiger partial charge in [0.25, 0.3) is 0 Å². The van der Waals surface area contributed by atoms with Gasteiger partial charge in [-0.05, 0) is 32.4 Å². The molecular formula is C17H25N5O4S. The summed E-state index contributed by atoms with van der Waals surface area (Å²) in [6, 6.07) is 3.24. The third-order valence-electron chi connectivity index (χ3n) is 3.93. The Bertz CT molecular complexity index is 923. The molecular weight excluding hydrogens is 370 g/mol. The standard InChI is InChI=1S/C17H25N5O4S/c1-5-7-22-14(8-12(3)19-22)11-21(4)16-15(17(23)24)9-13(10-18-16)20-27(25,26)6-2/h8-10,20H,5-7,11H2,1-4H3,(H,23,24). The molecule has 0 aliphatic carbocycles. The van der Waals surface area contributed by atoms with Crippen molar-refractivity contribution in [1.29, 1.82) is 0 Å². The van der Waals surface area contributed by atoms with Crippen LogP contribution in [0.15, 0.2) is 18.3 Å². The molecule has 2 N–H and O–H groups in total. The number of carbonyl (C=O) groups is 1. The summed E-state index contributed by atoms with van der Waals surface area (Å²) in [5, 5.41) is 14.0. The molecule has 0 spiro atoms. The van der Waals surface area contributed by atoms with Gasteiger partial charge in [-0.3, -0.25) is 9.40 Å². The van der Waals surface area contributed by atoms with Crippen LogP contribution in [-0.4, -0.2) is 47.1 Å². The van der Waals surface area contributed by atoms with Crippen LogP contribution in [0.5, 0.6) is 0 Å². The zero-order chi connectivity index (χ0) is 20.2. The Morgan fingerprint density at radius 2 is 2.04 bits per heavy atom. The van der Waals surface area contributed by atoms with Crippen LogP contribution in [0.1, 0.15) is 42.0 Å². The molecule has 0 saturated carbocycles. The second-order valence-electron chi connectivity index (χ2n) is 6.26. The van der Waals surface area contributed by atoms with Crippen LogP contribution in [-0.2, 0) is 23.1 Å². The van der Waals surface area contributed by atoms with Crippen molar-refractivity contribution in [3.05, 3.63) is 35.3 Å². The lowest BCUT2D eigenvalue weighted by atomic mass is 10.2. The Morgan fingerprint density at radius 3 is 2.63 bits per heavy atom. The number of nitrogens with zero attached hydrogens (tertiary/aromatic N) is 4. The molecule has 0 aliphatic heterocycles. The molecule has 2 aromatic heterocycles. The lowest BCUT2D eigenvalue weighted by Gasteiger charge is -2.21. The summed E-state index contributed by atoms with van der Waals surface area (Å²) >= 11 is 0. The quantitative estimate of drug-likeness (QED) is 0.667. The van der Waals surface area contributed by atoms with E-state index < -0.39 is 16.0 Å². The zero-order valence-electron chi connectivity index (χ0n) is 15.9. The number of sulfonamides is 1. The summed E-state index contributed by atoms with van der Waals surface area (Å²) in [6.07, 6.45) is 2.25. The smallest absolute Gasteiger partial charge is 0.339 e. The number of nitrogens with one attached hydrogen (secondary N) is 1. The second-order valence-corrected chi connectivity index (χ2v) is 8.27. The van der Waals surface area contributed by atoms with E-state index in [1.54, 1.807) is 11.9 Å². The largest absolute Gasteiger partial charge is 0.478 e. The summed E-state index contributed by atoms with van der Waals surface area (Å²) in [5.41, 5.74) is 1.89. The van der Waals surface area contributed by atoms with Crippen molar-refractivity contribution >= 4 is 27.5 Å². The summed E-state index contributed by atoms with van der Waals surface area (Å²) in [7, 11) is -1.77. The Hall–Kier alpha value is -2.62. The summed E-state index contributed by atoms with van der Waals surface area (Å²) in [4.78, 5) is 17.6. The number of carboxylic acid groups (broad SMARTS) is 1. The maximum Gasteiger partial charge on any atom is 0.339 e. The van der Waals surface area contributed by atoms with Crippen molar-refractivity contribution in [3.8, 4) is 0 Å². The lowest BCUT2D eigenvalue weighted by molar-refractivity contribution is 0.0697. The maximum absolute atomic E-state index is 11.7. The van der Waals surface area contributed by atoms with Crippen LogP contribution >= 0.6 is 0 Å². The number of anilines is 2. The molecule has 0 saturated heterocycles. The fraction of sp³-hybridized carbons (Fsp3) is 0.471. The van der Waals surface area contributed by atoms with E-state index >= 15 is 0 Å². The van der Waals surface area contributed by atoms with Crippen LogP contribution < -0.4 is 9.62 Å². The molecule has 148 valence electrons. The third kappa shape index (κ3) is 5.19. The third-order valence-corrected chi connectivity index (χ3v) is 5.24. The number of hydrogen-bond acceptors (Lipinski definition) is 6. The van der Waals surface area contributed by atoms with Crippen LogP contribution in [0, 0.1) is 6.92 Å². The van der Waals surface area contributed by atoms with Gasteiger partial charge in [-0.15, -0.1) is 0 Å². The van der Waals surface area contributed by atoms with Gasteiger partial charge >= 0.3 is 5.97 Å². The molecule has 0 radical (unpaired) electrons. The number of aromatic nitrogens is 3. The molecule has 10 heteroatoms. The molecule has 0 aromatic carbocycles. The second kappa shape index (κ2) is 8.38. The molecule has 9 nitrogen and oxygen atoms in total. The van der Waals surface area contributed by atoms with Gasteiger partial charge < -0.3 is 10.0 Å². The van der Waals surface area contributed by atoms with Crippen LogP contribution in [0.25, 0.3) is 0 Å². The van der Waals surface area contributed by atoms with Gasteiger partial charge in [0.15, 0.2) is 0 Å². The first-order valence-electron chi connectivity index (χ1n) is 8.65. The summed E-state index contributed by atoms with van der Waals surface area (Å²) in [5.74, 6) is -1.04. The van der Waals surface area contributed by atoms with E-state index in [-0.39, 0.29) is 22.8 Å². The van der Waals surface area contributed by atoms with Crippen LogP contribution in [0.4, 0.5) is 11.5 Å². The van der Waals surface area contributed by atoms with E-state index in [9.17, 15) is 18.3 Å². The van der Waals surface area contributed by atoms with Gasteiger partial charge in [-0.25, -0.2) is 18.2 Å². The Morgan fingerprint density at radius 1 is 1.33 bits per heavy atom. The van der Waals surface area contributed by atoms with Gasteiger partial charge in [-0.1, -0.05) is 6.92 Å². The minimum absolute atomic E-state index is 0.0768. The molecule has 2 heterocycles. The van der Waals surface area contributed by atoms with Gasteiger partial charge in [0.05, 0.1) is 35.6 Å². The van der Waals surface area contributed by atoms with E-state index in [1.807, 2.05) is 17.7 Å². The van der Waals surface area contributed by atoms with Crippen molar-refractivity contribution in [2.45, 2.75) is 40.3 Å². The highest BCUT2D eigenvalue weighted by Gasteiger charge is 2.19. The molecule has 2 aromatic rings. The average Bonchev–Trinajstić information content (AvgIpc) is 2.93. The van der Waals surface area contributed by atoms with Crippen molar-refractivity contribution in [3.63, 3.8) is 0 Å². The van der Waals surface area contributed by atoms with Crippen LogP contribution in [0.3, 0.4) is 0 Å². The monoisotopic (exact) mass is 395 g/mol. The first-order valence-corrected chi connectivity index (χ1v) is 10.3. The van der Waals surface area contributed by atoms with Gasteiger partial charge in [0.2, 0.25) is 10.0 Å². The Kier molecular flexibility index (Phi) is 6.42. The summed E-state index contributed by atoms with van der Waals surface area (Å²) < 4.78 is 27.6. The Labute approximate surface area is 159 Å². The summed E-state index contributed by atoms with van der Waals surface area (Å²) in [6.45, 7) is 6.66. The lowest BCUT2D eigenvalue weighted by Crippen LogP contribution is -2.23. The molecule has 0 bridgehead atoms. The molecule has 0 fully saturated rings. The molecule has 27 heavy (non-hydrogen) atoms. The average molecular weight is 395 g/mol. The number of rotatable bonds is 9. The van der Waals surface area contributed by atoms with Gasteiger partial charge in [-0.2, -0.15) is 5.10 Å². The fourth-order valence-electron chi connectivity index (χ4n) is 2.68. The van der Waals surface area contributed by atoms with E-state index in [0.717, 1.165) is 24.4 Å². The zero-order valence-corrected chi connectivity index (χ0v) is 16.7. The van der Waals surface area contributed by atoms with E-state index in [2.05, 4.69) is 21.7 Å². The molecule has 0 atom stereocenters. The molecule has 0 aliphatic rings. The van der Waals surface area contributed by atoms with Gasteiger partial charge in [0.1, 0.15) is 11.4 Å². The van der Waals surface area contributed by atoms with Crippen molar-refractivity contribution in [1.82, 2.24) is 14.8 Å². The van der Waals surface area contributed by atoms with E-state index in [4.69, 9.17) is 0 Å². The normalized spacial score (nSPS) is 11.4. The number of pyridine rings is 1. The molecule has 0 amide bonds. The Balaban J connectivity index is 2.32. The molecule has 2 rings (SSSR count). The van der Waals surface area contributed by atoms with Crippen molar-refractivity contribution in [2.75, 3.05) is 22.4 Å². The first-order chi connectivity index (χ1) is 12.7. The fourth-order valence-corrected chi connectivity index (χ4v) is 3.29. The number of aromatic carboxylic acids is 1. The predicted molar refractivity (Wildman–Crippen MR) is 104 cm³/mol. The SMILES string of the molecule is CCCn1nc(C)cc1CN(C)c1ncc(NS(=O)(=O)CC)cc1C(=O)O. The maximum atomic E-state index is 11.7. The minimum Gasteiger partial charge on any atom is -0.478 e. The number of carboxylic acids is 1. The number of hydrogen-bond donors (Lipinski definition) is 2. The topological polar surface area (TPSA) is 117 Å². The van der Waals surface area contributed by atoms with E-state index in [1.165, 1.54) is 19.2 Å².